The Morgan fingerprint density at radius 3 is 2.95 bits per heavy atom. The number of rotatable bonds is 3. The van der Waals surface area contributed by atoms with E-state index in [9.17, 15) is 4.79 Å². The summed E-state index contributed by atoms with van der Waals surface area (Å²) < 4.78 is 0. The highest BCUT2D eigenvalue weighted by Crippen LogP contribution is 2.25. The lowest BCUT2D eigenvalue weighted by Crippen LogP contribution is -2.41. The van der Waals surface area contributed by atoms with Crippen molar-refractivity contribution in [3.63, 3.8) is 0 Å². The Morgan fingerprint density at radius 2 is 2.19 bits per heavy atom. The van der Waals surface area contributed by atoms with Crippen molar-refractivity contribution in [2.45, 2.75) is 38.1 Å². The van der Waals surface area contributed by atoms with Gasteiger partial charge in [-0.05, 0) is 18.9 Å². The summed E-state index contributed by atoms with van der Waals surface area (Å²) in [5, 5.41) is 7.90. The highest BCUT2D eigenvalue weighted by atomic mass is 16.2. The smallest absolute Gasteiger partial charge is 0.257 e. The molecule has 1 heterocycles. The summed E-state index contributed by atoms with van der Waals surface area (Å²) in [5.41, 5.74) is 1.45. The molecule has 0 aliphatic heterocycles. The summed E-state index contributed by atoms with van der Waals surface area (Å²) in [6.45, 7) is 0.369. The summed E-state index contributed by atoms with van der Waals surface area (Å²) in [6, 6.07) is 5.94. The van der Waals surface area contributed by atoms with Crippen LogP contribution in [-0.2, 0) is 0 Å². The van der Waals surface area contributed by atoms with Crippen LogP contribution in [0.25, 0.3) is 10.9 Å². The number of para-hydroxylation sites is 1. The van der Waals surface area contributed by atoms with Crippen LogP contribution in [0.3, 0.4) is 0 Å². The average molecular weight is 281 g/mol. The summed E-state index contributed by atoms with van der Waals surface area (Å²) in [6.07, 6.45) is 12.9. The fraction of sp³-hybridized carbons (Fsp3) is 0.412. The van der Waals surface area contributed by atoms with Gasteiger partial charge in [0.2, 0.25) is 0 Å². The van der Waals surface area contributed by atoms with Crippen molar-refractivity contribution < 1.29 is 4.79 Å². The van der Waals surface area contributed by atoms with Crippen LogP contribution >= 0.6 is 0 Å². The molecular formula is C17H19N3O. The number of carbonyl (C=O) groups excluding carboxylic acids is 1. The standard InChI is InChI=1S/C17H19N3O/c1-2-11-20(14-8-4-3-5-9-14)17(21)15-10-6-7-13-12-18-19-16(13)15/h1,6-7,10,12,14H,3-5,8-9,11H2,(H,18,19). The van der Waals surface area contributed by atoms with Gasteiger partial charge < -0.3 is 4.90 Å². The molecule has 4 nitrogen and oxygen atoms in total. The van der Waals surface area contributed by atoms with Crippen molar-refractivity contribution in [2.75, 3.05) is 6.54 Å². The second-order valence-electron chi connectivity index (χ2n) is 5.57. The number of hydrogen-bond acceptors (Lipinski definition) is 2. The van der Waals surface area contributed by atoms with Crippen LogP contribution in [0.1, 0.15) is 42.5 Å². The number of benzene rings is 1. The Labute approximate surface area is 124 Å². The number of aromatic nitrogens is 2. The minimum Gasteiger partial charge on any atom is -0.324 e. The lowest BCUT2D eigenvalue weighted by molar-refractivity contribution is 0.0669. The van der Waals surface area contributed by atoms with Crippen LogP contribution in [0.4, 0.5) is 0 Å². The van der Waals surface area contributed by atoms with Gasteiger partial charge in [-0.2, -0.15) is 5.10 Å². The van der Waals surface area contributed by atoms with E-state index in [-0.39, 0.29) is 11.9 Å². The molecule has 0 spiro atoms. The molecule has 3 rings (SSSR count). The lowest BCUT2D eigenvalue weighted by atomic mass is 9.93. The van der Waals surface area contributed by atoms with Crippen molar-refractivity contribution in [3.8, 4) is 12.3 Å². The number of nitrogens with one attached hydrogen (secondary N) is 1. The number of H-pyrrole nitrogens is 1. The number of terminal acetylenes is 1. The lowest BCUT2D eigenvalue weighted by Gasteiger charge is -2.33. The first kappa shape index (κ1) is 13.7. The highest BCUT2D eigenvalue weighted by molar-refractivity contribution is 6.05. The van der Waals surface area contributed by atoms with Crippen molar-refractivity contribution in [2.24, 2.45) is 0 Å². The Balaban J connectivity index is 1.93. The molecular weight excluding hydrogens is 262 g/mol. The van der Waals surface area contributed by atoms with Crippen molar-refractivity contribution >= 4 is 16.8 Å². The number of carbonyl (C=O) groups is 1. The normalized spacial score (nSPS) is 15.8. The van der Waals surface area contributed by atoms with E-state index in [2.05, 4.69) is 16.1 Å². The Bertz CT molecular complexity index is 677. The molecule has 21 heavy (non-hydrogen) atoms. The van der Waals surface area contributed by atoms with Gasteiger partial charge in [0.25, 0.3) is 5.91 Å². The molecule has 0 atom stereocenters. The topological polar surface area (TPSA) is 49.0 Å². The molecule has 108 valence electrons. The fourth-order valence-electron chi connectivity index (χ4n) is 3.16. The van der Waals surface area contributed by atoms with Crippen LogP contribution < -0.4 is 0 Å². The summed E-state index contributed by atoms with van der Waals surface area (Å²) in [7, 11) is 0. The van der Waals surface area contributed by atoms with Crippen LogP contribution in [0.15, 0.2) is 24.4 Å². The Hall–Kier alpha value is -2.28. The SMILES string of the molecule is C#CCN(C(=O)c1cccc2cn[nH]c12)C1CCCCC1. The highest BCUT2D eigenvalue weighted by Gasteiger charge is 2.26. The summed E-state index contributed by atoms with van der Waals surface area (Å²) in [4.78, 5) is 14.8. The van der Waals surface area contributed by atoms with E-state index < -0.39 is 0 Å². The maximum Gasteiger partial charge on any atom is 0.257 e. The molecule has 1 aromatic heterocycles. The second kappa shape index (κ2) is 6.01. The van der Waals surface area contributed by atoms with Crippen molar-refractivity contribution in [1.82, 2.24) is 15.1 Å². The summed E-state index contributed by atoms with van der Waals surface area (Å²) >= 11 is 0. The van der Waals surface area contributed by atoms with Crippen LogP contribution in [0, 0.1) is 12.3 Å². The Kier molecular flexibility index (Phi) is 3.92. The predicted octanol–water partition coefficient (Wildman–Crippen LogP) is 2.97. The van der Waals surface area contributed by atoms with E-state index in [1.54, 1.807) is 6.20 Å². The minimum absolute atomic E-state index is 0.00898. The first-order valence-electron chi connectivity index (χ1n) is 7.48. The van der Waals surface area contributed by atoms with Gasteiger partial charge in [0.15, 0.2) is 0 Å². The molecule has 1 aliphatic rings. The molecule has 1 amide bonds. The van der Waals surface area contributed by atoms with Gasteiger partial charge in [0.1, 0.15) is 0 Å². The zero-order valence-electron chi connectivity index (χ0n) is 12.0. The number of nitrogens with zero attached hydrogens (tertiary/aromatic N) is 2. The van der Waals surface area contributed by atoms with Gasteiger partial charge in [-0.3, -0.25) is 9.89 Å². The zero-order chi connectivity index (χ0) is 14.7. The van der Waals surface area contributed by atoms with Gasteiger partial charge in [0.05, 0.1) is 23.8 Å². The molecule has 4 heteroatoms. The molecule has 1 aliphatic carbocycles. The molecule has 1 N–H and O–H groups in total. The van der Waals surface area contributed by atoms with Crippen LogP contribution in [0.5, 0.6) is 0 Å². The number of aromatic amines is 1. The number of hydrogen-bond donors (Lipinski definition) is 1. The zero-order valence-corrected chi connectivity index (χ0v) is 12.0. The molecule has 1 aromatic carbocycles. The second-order valence-corrected chi connectivity index (χ2v) is 5.57. The number of fused-ring (bicyclic) bond motifs is 1. The molecule has 1 saturated carbocycles. The van der Waals surface area contributed by atoms with Gasteiger partial charge in [0, 0.05) is 11.4 Å². The molecule has 0 radical (unpaired) electrons. The first-order valence-corrected chi connectivity index (χ1v) is 7.48. The van der Waals surface area contributed by atoms with E-state index in [1.165, 1.54) is 19.3 Å². The number of amides is 1. The minimum atomic E-state index is 0.00898. The monoisotopic (exact) mass is 281 g/mol. The van der Waals surface area contributed by atoms with Crippen LogP contribution in [-0.4, -0.2) is 33.6 Å². The van der Waals surface area contributed by atoms with Crippen molar-refractivity contribution in [3.05, 3.63) is 30.0 Å². The van der Waals surface area contributed by atoms with E-state index in [1.807, 2.05) is 23.1 Å². The maximum atomic E-state index is 12.9. The van der Waals surface area contributed by atoms with Gasteiger partial charge >= 0.3 is 0 Å². The van der Waals surface area contributed by atoms with E-state index >= 15 is 0 Å². The molecule has 1 fully saturated rings. The first-order chi connectivity index (χ1) is 10.3. The quantitative estimate of drug-likeness (QED) is 0.879. The maximum absolute atomic E-state index is 12.9. The largest absolute Gasteiger partial charge is 0.324 e. The molecule has 2 aromatic rings. The van der Waals surface area contributed by atoms with E-state index in [4.69, 9.17) is 6.42 Å². The molecule has 0 unspecified atom stereocenters. The third-order valence-corrected chi connectivity index (χ3v) is 4.25. The summed E-state index contributed by atoms with van der Waals surface area (Å²) in [5.74, 6) is 2.65. The van der Waals surface area contributed by atoms with Gasteiger partial charge in [-0.25, -0.2) is 0 Å². The third-order valence-electron chi connectivity index (χ3n) is 4.25. The Morgan fingerprint density at radius 1 is 1.38 bits per heavy atom. The van der Waals surface area contributed by atoms with Crippen LogP contribution in [0.2, 0.25) is 0 Å². The molecule has 0 bridgehead atoms. The van der Waals surface area contributed by atoms with Gasteiger partial charge in [-0.1, -0.05) is 37.3 Å². The average Bonchev–Trinajstić information content (AvgIpc) is 3.01. The molecule has 0 saturated heterocycles. The van der Waals surface area contributed by atoms with Crippen molar-refractivity contribution in [1.29, 1.82) is 0 Å². The van der Waals surface area contributed by atoms with E-state index in [0.717, 1.165) is 23.7 Å². The van der Waals surface area contributed by atoms with Gasteiger partial charge in [-0.15, -0.1) is 6.42 Å². The predicted molar refractivity (Wildman–Crippen MR) is 82.8 cm³/mol. The fourth-order valence-corrected chi connectivity index (χ4v) is 3.16. The van der Waals surface area contributed by atoms with E-state index in [0.29, 0.717) is 12.1 Å². The third kappa shape index (κ3) is 2.64.